The number of amides is 1. The Morgan fingerprint density at radius 2 is 2.20 bits per heavy atom. The number of carbonyl (C=O) groups is 1. The van der Waals surface area contributed by atoms with Crippen LogP contribution in [0.2, 0.25) is 0 Å². The second-order valence-corrected chi connectivity index (χ2v) is 5.12. The number of halogens is 1. The molecule has 2 rings (SSSR count). The summed E-state index contributed by atoms with van der Waals surface area (Å²) in [7, 11) is 1.62. The van der Waals surface area contributed by atoms with Crippen LogP contribution in [0.3, 0.4) is 0 Å². The highest BCUT2D eigenvalue weighted by atomic mass is 19.1. The van der Waals surface area contributed by atoms with Gasteiger partial charge in [0.2, 0.25) is 5.91 Å². The van der Waals surface area contributed by atoms with Crippen LogP contribution in [0.15, 0.2) is 18.2 Å². The summed E-state index contributed by atoms with van der Waals surface area (Å²) >= 11 is 0. The first-order valence-corrected chi connectivity index (χ1v) is 7.11. The predicted molar refractivity (Wildman–Crippen MR) is 78.2 cm³/mol. The van der Waals surface area contributed by atoms with Gasteiger partial charge in [0, 0.05) is 31.9 Å². The number of carbonyl (C=O) groups excluding carboxylic acids is 1. The van der Waals surface area contributed by atoms with Crippen LogP contribution < -0.4 is 15.5 Å². The molecule has 1 aliphatic rings. The van der Waals surface area contributed by atoms with Gasteiger partial charge >= 0.3 is 0 Å². The lowest BCUT2D eigenvalue weighted by Gasteiger charge is -2.25. The lowest BCUT2D eigenvalue weighted by molar-refractivity contribution is -0.119. The third-order valence-electron chi connectivity index (χ3n) is 3.54. The molecule has 5 heteroatoms. The zero-order chi connectivity index (χ0) is 14.5. The molecule has 1 fully saturated rings. The molecule has 1 aromatic rings. The Hall–Kier alpha value is -1.62. The van der Waals surface area contributed by atoms with Crippen molar-refractivity contribution in [3.05, 3.63) is 29.6 Å². The van der Waals surface area contributed by atoms with Crippen molar-refractivity contribution in [2.45, 2.75) is 32.4 Å². The molecule has 0 aromatic heterocycles. The number of benzene rings is 1. The van der Waals surface area contributed by atoms with Crippen molar-refractivity contribution in [3.63, 3.8) is 0 Å². The molecule has 1 saturated carbocycles. The van der Waals surface area contributed by atoms with E-state index in [0.29, 0.717) is 19.1 Å². The van der Waals surface area contributed by atoms with Crippen LogP contribution in [0, 0.1) is 5.82 Å². The molecule has 1 aromatic carbocycles. The molecule has 0 bridgehead atoms. The standard InChI is InChI=1S/C15H22FN3O/c1-3-19(10-15(20)17-2)14-7-4-12(16)8-11(14)9-18-13-5-6-13/h4,7-8,13,18H,3,5-6,9-10H2,1-2H3,(H,17,20). The van der Waals surface area contributed by atoms with Crippen molar-refractivity contribution >= 4 is 11.6 Å². The van der Waals surface area contributed by atoms with E-state index in [4.69, 9.17) is 0 Å². The van der Waals surface area contributed by atoms with Crippen molar-refractivity contribution in [1.82, 2.24) is 10.6 Å². The van der Waals surface area contributed by atoms with Crippen LogP contribution in [0.1, 0.15) is 25.3 Å². The van der Waals surface area contributed by atoms with Crippen molar-refractivity contribution < 1.29 is 9.18 Å². The van der Waals surface area contributed by atoms with Crippen molar-refractivity contribution in [2.75, 3.05) is 25.0 Å². The maximum Gasteiger partial charge on any atom is 0.239 e. The highest BCUT2D eigenvalue weighted by molar-refractivity contribution is 5.81. The molecule has 1 aliphatic carbocycles. The Morgan fingerprint density at radius 1 is 1.45 bits per heavy atom. The van der Waals surface area contributed by atoms with Crippen molar-refractivity contribution in [3.8, 4) is 0 Å². The molecule has 1 amide bonds. The van der Waals surface area contributed by atoms with Crippen LogP contribution >= 0.6 is 0 Å². The summed E-state index contributed by atoms with van der Waals surface area (Å²) < 4.78 is 13.5. The fourth-order valence-electron chi connectivity index (χ4n) is 2.17. The maximum atomic E-state index is 13.5. The third-order valence-corrected chi connectivity index (χ3v) is 3.54. The topological polar surface area (TPSA) is 44.4 Å². The van der Waals surface area contributed by atoms with Gasteiger partial charge in [-0.3, -0.25) is 4.79 Å². The summed E-state index contributed by atoms with van der Waals surface area (Å²) in [4.78, 5) is 13.5. The van der Waals surface area contributed by atoms with Crippen LogP contribution in [-0.4, -0.2) is 32.1 Å². The monoisotopic (exact) mass is 279 g/mol. The molecule has 0 spiro atoms. The minimum Gasteiger partial charge on any atom is -0.362 e. The largest absolute Gasteiger partial charge is 0.362 e. The number of anilines is 1. The summed E-state index contributed by atoms with van der Waals surface area (Å²) in [6.07, 6.45) is 2.39. The minimum atomic E-state index is -0.239. The molecule has 110 valence electrons. The zero-order valence-corrected chi connectivity index (χ0v) is 12.1. The number of nitrogens with zero attached hydrogens (tertiary/aromatic N) is 1. The molecule has 20 heavy (non-hydrogen) atoms. The zero-order valence-electron chi connectivity index (χ0n) is 12.1. The van der Waals surface area contributed by atoms with E-state index in [1.807, 2.05) is 11.8 Å². The minimum absolute atomic E-state index is 0.0442. The van der Waals surface area contributed by atoms with Gasteiger partial charge in [-0.05, 0) is 43.5 Å². The molecular weight excluding hydrogens is 257 g/mol. The number of nitrogens with one attached hydrogen (secondary N) is 2. The lowest BCUT2D eigenvalue weighted by Crippen LogP contribution is -2.36. The van der Waals surface area contributed by atoms with Crippen LogP contribution in [0.25, 0.3) is 0 Å². The lowest BCUT2D eigenvalue weighted by atomic mass is 10.1. The van der Waals surface area contributed by atoms with Gasteiger partial charge in [-0.15, -0.1) is 0 Å². The van der Waals surface area contributed by atoms with Gasteiger partial charge in [0.25, 0.3) is 0 Å². The van der Waals surface area contributed by atoms with E-state index in [0.717, 1.165) is 11.3 Å². The number of rotatable bonds is 7. The van der Waals surface area contributed by atoms with Gasteiger partial charge in [0.05, 0.1) is 6.54 Å². The average Bonchev–Trinajstić information content (AvgIpc) is 3.27. The molecule has 0 radical (unpaired) electrons. The van der Waals surface area contributed by atoms with Gasteiger partial charge in [-0.1, -0.05) is 0 Å². The van der Waals surface area contributed by atoms with Gasteiger partial charge in [-0.25, -0.2) is 4.39 Å². The van der Waals surface area contributed by atoms with Crippen LogP contribution in [0.4, 0.5) is 10.1 Å². The molecule has 2 N–H and O–H groups in total. The first kappa shape index (κ1) is 14.8. The van der Waals surface area contributed by atoms with E-state index in [2.05, 4.69) is 10.6 Å². The predicted octanol–water partition coefficient (Wildman–Crippen LogP) is 1.65. The summed E-state index contributed by atoms with van der Waals surface area (Å²) in [5.74, 6) is -0.283. The maximum absolute atomic E-state index is 13.5. The van der Waals surface area contributed by atoms with E-state index in [1.165, 1.54) is 18.9 Å². The Balaban J connectivity index is 2.15. The number of likely N-dealkylation sites (N-methyl/N-ethyl adjacent to an activating group) is 2. The Kier molecular flexibility index (Phi) is 4.95. The molecule has 0 saturated heterocycles. The quantitative estimate of drug-likeness (QED) is 0.797. The van der Waals surface area contributed by atoms with E-state index in [-0.39, 0.29) is 18.3 Å². The Labute approximate surface area is 119 Å². The Bertz CT molecular complexity index is 474. The fraction of sp³-hybridized carbons (Fsp3) is 0.533. The molecule has 4 nitrogen and oxygen atoms in total. The van der Waals surface area contributed by atoms with E-state index in [9.17, 15) is 9.18 Å². The highest BCUT2D eigenvalue weighted by Gasteiger charge is 2.21. The SMILES string of the molecule is CCN(CC(=O)NC)c1ccc(F)cc1CNC1CC1. The second-order valence-electron chi connectivity index (χ2n) is 5.12. The normalized spacial score (nSPS) is 14.2. The van der Waals surface area contributed by atoms with E-state index < -0.39 is 0 Å². The third kappa shape index (κ3) is 3.93. The summed E-state index contributed by atoms with van der Waals surface area (Å²) in [6.45, 7) is 3.62. The molecule has 0 heterocycles. The van der Waals surface area contributed by atoms with Crippen molar-refractivity contribution in [1.29, 1.82) is 0 Å². The number of hydrogen-bond acceptors (Lipinski definition) is 3. The highest BCUT2D eigenvalue weighted by Crippen LogP contribution is 2.24. The molecular formula is C15H22FN3O. The first-order chi connectivity index (χ1) is 9.63. The smallest absolute Gasteiger partial charge is 0.239 e. The van der Waals surface area contributed by atoms with Crippen LogP contribution in [-0.2, 0) is 11.3 Å². The van der Waals surface area contributed by atoms with Gasteiger partial charge in [0.15, 0.2) is 0 Å². The molecule has 0 atom stereocenters. The van der Waals surface area contributed by atoms with Crippen molar-refractivity contribution in [2.24, 2.45) is 0 Å². The first-order valence-electron chi connectivity index (χ1n) is 7.11. The van der Waals surface area contributed by atoms with Gasteiger partial charge in [-0.2, -0.15) is 0 Å². The van der Waals surface area contributed by atoms with E-state index in [1.54, 1.807) is 19.2 Å². The summed E-state index contributed by atoms with van der Waals surface area (Å²) in [5.41, 5.74) is 1.83. The van der Waals surface area contributed by atoms with Crippen LogP contribution in [0.5, 0.6) is 0 Å². The Morgan fingerprint density at radius 3 is 2.80 bits per heavy atom. The molecule has 0 aliphatic heterocycles. The average molecular weight is 279 g/mol. The summed E-state index contributed by atoms with van der Waals surface area (Å²) in [5, 5.41) is 6.01. The molecule has 0 unspecified atom stereocenters. The second kappa shape index (κ2) is 6.70. The van der Waals surface area contributed by atoms with Gasteiger partial charge in [0.1, 0.15) is 5.82 Å². The fourth-order valence-corrected chi connectivity index (χ4v) is 2.17. The van der Waals surface area contributed by atoms with Gasteiger partial charge < -0.3 is 15.5 Å². The number of hydrogen-bond donors (Lipinski definition) is 2. The summed E-state index contributed by atoms with van der Waals surface area (Å²) in [6, 6.07) is 5.32. The van der Waals surface area contributed by atoms with E-state index >= 15 is 0 Å².